The SMILES string of the molecule is CCC/C(C)=C/C(C)=N/C=C(/C)CC. The number of aliphatic imine (C=N–C) groups is 1. The second-order valence-electron chi connectivity index (χ2n) is 3.84. The smallest absolute Gasteiger partial charge is 0.0372 e. The molecule has 0 heterocycles. The Morgan fingerprint density at radius 2 is 1.71 bits per heavy atom. The van der Waals surface area contributed by atoms with E-state index in [2.05, 4.69) is 45.7 Å². The van der Waals surface area contributed by atoms with Gasteiger partial charge in [0.05, 0.1) is 0 Å². The zero-order valence-electron chi connectivity index (χ0n) is 10.2. The third-order valence-corrected chi connectivity index (χ3v) is 2.15. The van der Waals surface area contributed by atoms with Crippen LogP contribution in [-0.2, 0) is 0 Å². The third-order valence-electron chi connectivity index (χ3n) is 2.15. The molecule has 1 heteroatoms. The van der Waals surface area contributed by atoms with E-state index < -0.39 is 0 Å². The maximum atomic E-state index is 4.40. The van der Waals surface area contributed by atoms with Gasteiger partial charge in [-0.3, -0.25) is 4.99 Å². The molecule has 0 aliphatic heterocycles. The highest BCUT2D eigenvalue weighted by Gasteiger charge is 1.89. The highest BCUT2D eigenvalue weighted by Crippen LogP contribution is 2.04. The predicted octanol–water partition coefficient (Wildman–Crippen LogP) is 4.51. The molecular formula is C13H23N. The molecule has 0 bridgehead atoms. The standard InChI is InChI=1S/C13H23N/c1-6-8-12(4)9-13(5)14-10-11(3)7-2/h9-10H,6-8H2,1-5H3/b11-10-,12-9+,14-13+. The average molecular weight is 193 g/mol. The van der Waals surface area contributed by atoms with E-state index >= 15 is 0 Å². The molecule has 0 fully saturated rings. The molecule has 0 aromatic heterocycles. The first-order chi connectivity index (χ1) is 6.60. The van der Waals surface area contributed by atoms with E-state index in [1.165, 1.54) is 24.0 Å². The van der Waals surface area contributed by atoms with Gasteiger partial charge in [0.25, 0.3) is 0 Å². The summed E-state index contributed by atoms with van der Waals surface area (Å²) >= 11 is 0. The van der Waals surface area contributed by atoms with Crippen LogP contribution in [0.2, 0.25) is 0 Å². The van der Waals surface area contributed by atoms with Crippen LogP contribution >= 0.6 is 0 Å². The van der Waals surface area contributed by atoms with Gasteiger partial charge in [-0.2, -0.15) is 0 Å². The number of hydrogen-bond acceptors (Lipinski definition) is 1. The lowest BCUT2D eigenvalue weighted by Crippen LogP contribution is -1.87. The van der Waals surface area contributed by atoms with Crippen LogP contribution in [0.1, 0.15) is 53.9 Å². The second kappa shape index (κ2) is 7.54. The number of nitrogens with zero attached hydrogens (tertiary/aromatic N) is 1. The molecule has 0 aliphatic carbocycles. The van der Waals surface area contributed by atoms with Crippen molar-refractivity contribution in [3.05, 3.63) is 23.4 Å². The zero-order chi connectivity index (χ0) is 11.0. The topological polar surface area (TPSA) is 12.4 Å². The Kier molecular flexibility index (Phi) is 7.09. The Balaban J connectivity index is 4.32. The number of hydrogen-bond donors (Lipinski definition) is 0. The summed E-state index contributed by atoms with van der Waals surface area (Å²) in [4.78, 5) is 4.40. The van der Waals surface area contributed by atoms with E-state index in [9.17, 15) is 0 Å². The van der Waals surface area contributed by atoms with Crippen LogP contribution in [0, 0.1) is 0 Å². The van der Waals surface area contributed by atoms with Gasteiger partial charge in [-0.05, 0) is 39.7 Å². The van der Waals surface area contributed by atoms with Crippen LogP contribution in [0.4, 0.5) is 0 Å². The molecule has 0 saturated carbocycles. The van der Waals surface area contributed by atoms with E-state index in [1.54, 1.807) is 0 Å². The van der Waals surface area contributed by atoms with E-state index in [1.807, 2.05) is 6.20 Å². The van der Waals surface area contributed by atoms with Crippen molar-refractivity contribution in [3.63, 3.8) is 0 Å². The third kappa shape index (κ3) is 6.64. The van der Waals surface area contributed by atoms with Gasteiger partial charge in [-0.25, -0.2) is 0 Å². The first-order valence-electron chi connectivity index (χ1n) is 5.47. The van der Waals surface area contributed by atoms with Crippen LogP contribution in [0.25, 0.3) is 0 Å². The van der Waals surface area contributed by atoms with Gasteiger partial charge in [0.2, 0.25) is 0 Å². The van der Waals surface area contributed by atoms with E-state index in [4.69, 9.17) is 0 Å². The highest BCUT2D eigenvalue weighted by atomic mass is 14.7. The number of allylic oxidation sites excluding steroid dienone is 3. The summed E-state index contributed by atoms with van der Waals surface area (Å²) in [6, 6.07) is 0. The molecule has 0 amide bonds. The Morgan fingerprint density at radius 1 is 1.07 bits per heavy atom. The van der Waals surface area contributed by atoms with Gasteiger partial charge >= 0.3 is 0 Å². The van der Waals surface area contributed by atoms with Crippen LogP contribution in [0.5, 0.6) is 0 Å². The molecule has 0 rings (SSSR count). The fourth-order valence-corrected chi connectivity index (χ4v) is 1.16. The molecule has 0 spiro atoms. The Bertz CT molecular complexity index is 244. The van der Waals surface area contributed by atoms with Crippen LogP contribution in [0.3, 0.4) is 0 Å². The van der Waals surface area contributed by atoms with Gasteiger partial charge in [0.15, 0.2) is 0 Å². The van der Waals surface area contributed by atoms with Gasteiger partial charge in [-0.1, -0.05) is 31.4 Å². The highest BCUT2D eigenvalue weighted by molar-refractivity contribution is 5.93. The molecular weight excluding hydrogens is 170 g/mol. The fourth-order valence-electron chi connectivity index (χ4n) is 1.16. The van der Waals surface area contributed by atoms with Crippen LogP contribution < -0.4 is 0 Å². The molecule has 0 radical (unpaired) electrons. The maximum Gasteiger partial charge on any atom is 0.0372 e. The summed E-state index contributed by atoms with van der Waals surface area (Å²) in [5.41, 5.74) is 3.84. The van der Waals surface area contributed by atoms with Crippen LogP contribution in [0.15, 0.2) is 28.4 Å². The van der Waals surface area contributed by atoms with Gasteiger partial charge in [0, 0.05) is 11.9 Å². The zero-order valence-corrected chi connectivity index (χ0v) is 10.2. The molecule has 80 valence electrons. The normalized spacial score (nSPS) is 14.8. The summed E-state index contributed by atoms with van der Waals surface area (Å²) in [5, 5.41) is 0. The molecule has 14 heavy (non-hydrogen) atoms. The fraction of sp³-hybridized carbons (Fsp3) is 0.615. The van der Waals surface area contributed by atoms with E-state index in [0.717, 1.165) is 12.1 Å². The Morgan fingerprint density at radius 3 is 2.21 bits per heavy atom. The maximum absolute atomic E-state index is 4.40. The summed E-state index contributed by atoms with van der Waals surface area (Å²) in [6.45, 7) is 10.7. The van der Waals surface area contributed by atoms with Crippen molar-refractivity contribution >= 4 is 5.71 Å². The molecule has 1 nitrogen and oxygen atoms in total. The lowest BCUT2D eigenvalue weighted by atomic mass is 10.1. The monoisotopic (exact) mass is 193 g/mol. The quantitative estimate of drug-likeness (QED) is 0.570. The molecule has 0 saturated heterocycles. The van der Waals surface area contributed by atoms with Crippen molar-refractivity contribution in [1.82, 2.24) is 0 Å². The molecule has 0 N–H and O–H groups in total. The molecule has 0 atom stereocenters. The first-order valence-corrected chi connectivity index (χ1v) is 5.47. The lowest BCUT2D eigenvalue weighted by Gasteiger charge is -1.97. The second-order valence-corrected chi connectivity index (χ2v) is 3.84. The van der Waals surface area contributed by atoms with Crippen molar-refractivity contribution in [2.24, 2.45) is 4.99 Å². The Labute approximate surface area is 88.6 Å². The molecule has 0 aromatic rings. The average Bonchev–Trinajstić information content (AvgIpc) is 2.14. The summed E-state index contributed by atoms with van der Waals surface area (Å²) < 4.78 is 0. The summed E-state index contributed by atoms with van der Waals surface area (Å²) in [7, 11) is 0. The van der Waals surface area contributed by atoms with Gasteiger partial charge in [-0.15, -0.1) is 0 Å². The molecule has 0 unspecified atom stereocenters. The van der Waals surface area contributed by atoms with E-state index in [0.29, 0.717) is 0 Å². The van der Waals surface area contributed by atoms with Crippen molar-refractivity contribution in [2.75, 3.05) is 0 Å². The molecule has 0 aromatic carbocycles. The van der Waals surface area contributed by atoms with Crippen molar-refractivity contribution in [1.29, 1.82) is 0 Å². The van der Waals surface area contributed by atoms with E-state index in [-0.39, 0.29) is 0 Å². The minimum absolute atomic E-state index is 1.08. The van der Waals surface area contributed by atoms with Crippen LogP contribution in [-0.4, -0.2) is 5.71 Å². The largest absolute Gasteiger partial charge is 0.262 e. The summed E-state index contributed by atoms with van der Waals surface area (Å²) in [5.74, 6) is 0. The number of rotatable bonds is 5. The lowest BCUT2D eigenvalue weighted by molar-refractivity contribution is 0.907. The summed E-state index contributed by atoms with van der Waals surface area (Å²) in [6.07, 6.45) is 7.59. The van der Waals surface area contributed by atoms with Crippen molar-refractivity contribution in [3.8, 4) is 0 Å². The Hall–Kier alpha value is -0.850. The van der Waals surface area contributed by atoms with Crippen molar-refractivity contribution in [2.45, 2.75) is 53.9 Å². The predicted molar refractivity (Wildman–Crippen MR) is 65.8 cm³/mol. The molecule has 0 aliphatic rings. The van der Waals surface area contributed by atoms with Gasteiger partial charge in [0.1, 0.15) is 0 Å². The first kappa shape index (κ1) is 13.2. The van der Waals surface area contributed by atoms with Crippen molar-refractivity contribution < 1.29 is 0 Å². The minimum atomic E-state index is 1.08. The minimum Gasteiger partial charge on any atom is -0.262 e. The van der Waals surface area contributed by atoms with Gasteiger partial charge < -0.3 is 0 Å².